The molecule has 25 heavy (non-hydrogen) atoms. The molecule has 1 aliphatic carbocycles. The first-order chi connectivity index (χ1) is 11.9. The quantitative estimate of drug-likeness (QED) is 0.851. The molecule has 9 heteroatoms. The average Bonchev–Trinajstić information content (AvgIpc) is 2.53. The van der Waals surface area contributed by atoms with E-state index >= 15 is 0 Å². The van der Waals surface area contributed by atoms with Crippen molar-refractivity contribution in [2.45, 2.75) is 44.2 Å². The zero-order valence-electron chi connectivity index (χ0n) is 13.6. The highest BCUT2D eigenvalue weighted by Crippen LogP contribution is 2.41. The molecule has 1 spiro atoms. The maximum absolute atomic E-state index is 12.3. The second kappa shape index (κ2) is 7.03. The Hall–Kier alpha value is -2.09. The number of guanidine groups is 2. The Morgan fingerprint density at radius 3 is 2.60 bits per heavy atom. The van der Waals surface area contributed by atoms with Gasteiger partial charge in [0.25, 0.3) is 6.43 Å². The van der Waals surface area contributed by atoms with Gasteiger partial charge >= 0.3 is 0 Å². The van der Waals surface area contributed by atoms with E-state index in [2.05, 4.69) is 9.98 Å². The lowest BCUT2D eigenvalue weighted by molar-refractivity contribution is 0.0819. The van der Waals surface area contributed by atoms with Gasteiger partial charge in [-0.25, -0.2) is 13.8 Å². The number of ether oxygens (including phenoxy) is 1. The standard InChI is InChI=1S/C16H20ClF2N5O/c17-11-8-10(4-5-12(11)25-9-13(18)19)24-15(21)22-14(20)23-16(24)6-2-1-3-7-16/h4-5,8,13H,1-3,6-7,9H2,(H4,20,21,22,23). The normalized spacial score (nSPS) is 19.8. The number of rotatable bonds is 4. The molecule has 1 aliphatic heterocycles. The lowest BCUT2D eigenvalue weighted by atomic mass is 9.87. The molecule has 4 N–H and O–H groups in total. The lowest BCUT2D eigenvalue weighted by Gasteiger charge is -2.45. The fraction of sp³-hybridized carbons (Fsp3) is 0.500. The molecule has 0 amide bonds. The van der Waals surface area contributed by atoms with Crippen LogP contribution in [0.5, 0.6) is 5.75 Å². The molecular weight excluding hydrogens is 352 g/mol. The fourth-order valence-electron chi connectivity index (χ4n) is 3.39. The number of nitrogens with zero attached hydrogens (tertiary/aromatic N) is 3. The fourth-order valence-corrected chi connectivity index (χ4v) is 3.62. The highest BCUT2D eigenvalue weighted by molar-refractivity contribution is 6.32. The summed E-state index contributed by atoms with van der Waals surface area (Å²) in [5.74, 6) is 0.601. The van der Waals surface area contributed by atoms with E-state index < -0.39 is 18.7 Å². The van der Waals surface area contributed by atoms with E-state index in [0.29, 0.717) is 5.69 Å². The smallest absolute Gasteiger partial charge is 0.272 e. The van der Waals surface area contributed by atoms with Crippen LogP contribution >= 0.6 is 11.6 Å². The van der Waals surface area contributed by atoms with Crippen LogP contribution in [-0.4, -0.2) is 30.6 Å². The summed E-state index contributed by atoms with van der Waals surface area (Å²) >= 11 is 6.20. The molecule has 1 aromatic rings. The third kappa shape index (κ3) is 3.63. The van der Waals surface area contributed by atoms with Gasteiger partial charge in [0.05, 0.1) is 5.02 Å². The molecule has 1 saturated carbocycles. The zero-order chi connectivity index (χ0) is 18.0. The number of nitrogens with two attached hydrogens (primary N) is 2. The second-order valence-corrected chi connectivity index (χ2v) is 6.54. The molecule has 0 atom stereocenters. The third-order valence-electron chi connectivity index (χ3n) is 4.39. The van der Waals surface area contributed by atoms with Crippen LogP contribution in [0.4, 0.5) is 14.5 Å². The SMILES string of the molecule is NC1=NC2(CCCCC2)N(c2ccc(OCC(F)F)c(Cl)c2)C(N)=N1. The first-order valence-corrected chi connectivity index (χ1v) is 8.49. The Morgan fingerprint density at radius 2 is 1.96 bits per heavy atom. The minimum Gasteiger partial charge on any atom is -0.486 e. The number of hydrogen-bond donors (Lipinski definition) is 2. The van der Waals surface area contributed by atoms with Crippen molar-refractivity contribution in [3.63, 3.8) is 0 Å². The van der Waals surface area contributed by atoms with E-state index in [-0.39, 0.29) is 22.7 Å². The van der Waals surface area contributed by atoms with Crippen LogP contribution in [0.2, 0.25) is 5.02 Å². The first kappa shape index (κ1) is 17.7. The molecule has 1 aromatic carbocycles. The van der Waals surface area contributed by atoms with Gasteiger partial charge < -0.3 is 16.2 Å². The molecule has 0 saturated heterocycles. The van der Waals surface area contributed by atoms with Crippen LogP contribution in [0.15, 0.2) is 28.2 Å². The van der Waals surface area contributed by atoms with Gasteiger partial charge in [-0.3, -0.25) is 4.90 Å². The van der Waals surface area contributed by atoms with Crippen molar-refractivity contribution in [3.8, 4) is 5.75 Å². The van der Waals surface area contributed by atoms with Crippen molar-refractivity contribution < 1.29 is 13.5 Å². The Bertz CT molecular complexity index is 704. The summed E-state index contributed by atoms with van der Waals surface area (Å²) in [6, 6.07) is 4.88. The molecule has 3 rings (SSSR count). The zero-order valence-corrected chi connectivity index (χ0v) is 14.3. The molecule has 6 nitrogen and oxygen atoms in total. The van der Waals surface area contributed by atoms with E-state index in [1.807, 2.05) is 4.90 Å². The summed E-state index contributed by atoms with van der Waals surface area (Å²) in [5.41, 5.74) is 12.1. The maximum Gasteiger partial charge on any atom is 0.272 e. The molecule has 136 valence electrons. The van der Waals surface area contributed by atoms with Crippen molar-refractivity contribution in [1.29, 1.82) is 0 Å². The third-order valence-corrected chi connectivity index (χ3v) is 4.69. The summed E-state index contributed by atoms with van der Waals surface area (Å²) < 4.78 is 29.6. The van der Waals surface area contributed by atoms with Crippen LogP contribution in [-0.2, 0) is 0 Å². The van der Waals surface area contributed by atoms with Crippen LogP contribution in [0, 0.1) is 0 Å². The molecule has 0 unspecified atom stereocenters. The molecular formula is C16H20ClF2N5O. The van der Waals surface area contributed by atoms with Gasteiger partial charge in [0.1, 0.15) is 18.0 Å². The van der Waals surface area contributed by atoms with E-state index in [4.69, 9.17) is 27.8 Å². The molecule has 2 aliphatic rings. The van der Waals surface area contributed by atoms with Gasteiger partial charge in [-0.2, -0.15) is 4.99 Å². The molecule has 0 aromatic heterocycles. The van der Waals surface area contributed by atoms with Gasteiger partial charge in [0, 0.05) is 5.69 Å². The van der Waals surface area contributed by atoms with Crippen LogP contribution in [0.3, 0.4) is 0 Å². The summed E-state index contributed by atoms with van der Waals surface area (Å²) in [7, 11) is 0. The predicted octanol–water partition coefficient (Wildman–Crippen LogP) is 3.09. The maximum atomic E-state index is 12.3. The largest absolute Gasteiger partial charge is 0.486 e. The minimum absolute atomic E-state index is 0.165. The summed E-state index contributed by atoms with van der Waals surface area (Å²) in [6.45, 7) is -0.711. The van der Waals surface area contributed by atoms with Gasteiger partial charge in [0.15, 0.2) is 0 Å². The monoisotopic (exact) mass is 371 g/mol. The van der Waals surface area contributed by atoms with Crippen molar-refractivity contribution in [1.82, 2.24) is 0 Å². The number of aliphatic imine (C=N–C) groups is 2. The number of halogens is 3. The Labute approximate surface area is 149 Å². The average molecular weight is 372 g/mol. The lowest BCUT2D eigenvalue weighted by Crippen LogP contribution is -2.58. The number of hydrogen-bond acceptors (Lipinski definition) is 6. The van der Waals surface area contributed by atoms with E-state index in [1.54, 1.807) is 18.2 Å². The van der Waals surface area contributed by atoms with Crippen molar-refractivity contribution in [2.24, 2.45) is 21.5 Å². The van der Waals surface area contributed by atoms with Gasteiger partial charge in [-0.1, -0.05) is 18.0 Å². The molecule has 0 radical (unpaired) electrons. The van der Waals surface area contributed by atoms with E-state index in [0.717, 1.165) is 32.1 Å². The Kier molecular flexibility index (Phi) is 4.99. The molecule has 0 bridgehead atoms. The van der Waals surface area contributed by atoms with Crippen LogP contribution in [0.25, 0.3) is 0 Å². The summed E-state index contributed by atoms with van der Waals surface area (Å²) in [6.07, 6.45) is 2.16. The van der Waals surface area contributed by atoms with Crippen LogP contribution in [0.1, 0.15) is 32.1 Å². The summed E-state index contributed by atoms with van der Waals surface area (Å²) in [4.78, 5) is 10.5. The predicted molar refractivity (Wildman–Crippen MR) is 94.5 cm³/mol. The number of benzene rings is 1. The van der Waals surface area contributed by atoms with E-state index in [9.17, 15) is 8.78 Å². The highest BCUT2D eigenvalue weighted by atomic mass is 35.5. The first-order valence-electron chi connectivity index (χ1n) is 8.11. The Morgan fingerprint density at radius 1 is 1.24 bits per heavy atom. The number of alkyl halides is 2. The number of anilines is 1. The highest BCUT2D eigenvalue weighted by Gasteiger charge is 2.42. The van der Waals surface area contributed by atoms with Crippen LogP contribution < -0.4 is 21.1 Å². The van der Waals surface area contributed by atoms with Crippen molar-refractivity contribution in [2.75, 3.05) is 11.5 Å². The molecule has 1 fully saturated rings. The van der Waals surface area contributed by atoms with E-state index in [1.165, 1.54) is 0 Å². The van der Waals surface area contributed by atoms with Gasteiger partial charge in [-0.15, -0.1) is 0 Å². The second-order valence-electron chi connectivity index (χ2n) is 6.14. The summed E-state index contributed by atoms with van der Waals surface area (Å²) in [5, 5.41) is 0.222. The molecule has 1 heterocycles. The van der Waals surface area contributed by atoms with Gasteiger partial charge in [-0.05, 0) is 43.9 Å². The van der Waals surface area contributed by atoms with Gasteiger partial charge in [0.2, 0.25) is 11.9 Å². The Balaban J connectivity index is 1.93. The van der Waals surface area contributed by atoms with Crippen molar-refractivity contribution in [3.05, 3.63) is 23.2 Å². The van der Waals surface area contributed by atoms with Crippen molar-refractivity contribution >= 4 is 29.2 Å². The topological polar surface area (TPSA) is 89.2 Å². The minimum atomic E-state index is -2.57.